The van der Waals surface area contributed by atoms with Crippen LogP contribution >= 0.6 is 0 Å². The first kappa shape index (κ1) is 18.5. The van der Waals surface area contributed by atoms with Gasteiger partial charge in [-0.25, -0.2) is 8.78 Å². The molecule has 0 aromatic heterocycles. The standard InChI is InChI=1S/C16H21F3O3/c1-5-10-6-7-11(12(8-10)22-4)15(2,9-17)13(18)16(3,21)14(19)20/h5-8,13-14,20-21H,1,9H2,2-4H3. The highest BCUT2D eigenvalue weighted by Gasteiger charge is 2.52. The monoisotopic (exact) mass is 318 g/mol. The maximum atomic E-state index is 14.7. The summed E-state index contributed by atoms with van der Waals surface area (Å²) in [5.74, 6) is 0.185. The normalized spacial score (nSPS) is 19.6. The Morgan fingerprint density at radius 3 is 2.36 bits per heavy atom. The van der Waals surface area contributed by atoms with Crippen LogP contribution in [0.4, 0.5) is 13.2 Å². The second kappa shape index (κ2) is 6.71. The van der Waals surface area contributed by atoms with E-state index in [-0.39, 0.29) is 11.3 Å². The number of aliphatic hydroxyl groups is 2. The third-order valence-corrected chi connectivity index (χ3v) is 3.91. The largest absolute Gasteiger partial charge is 0.496 e. The van der Waals surface area contributed by atoms with Crippen LogP contribution in [0.3, 0.4) is 0 Å². The van der Waals surface area contributed by atoms with Crippen molar-refractivity contribution in [2.24, 2.45) is 0 Å². The third kappa shape index (κ3) is 3.13. The van der Waals surface area contributed by atoms with E-state index in [1.807, 2.05) is 0 Å². The minimum Gasteiger partial charge on any atom is -0.496 e. The van der Waals surface area contributed by atoms with Gasteiger partial charge in [-0.2, -0.15) is 0 Å². The van der Waals surface area contributed by atoms with Gasteiger partial charge in [0.1, 0.15) is 24.2 Å². The summed E-state index contributed by atoms with van der Waals surface area (Å²) in [5, 5.41) is 18.8. The summed E-state index contributed by atoms with van der Waals surface area (Å²) < 4.78 is 46.6. The summed E-state index contributed by atoms with van der Waals surface area (Å²) >= 11 is 0. The molecule has 0 bridgehead atoms. The van der Waals surface area contributed by atoms with Gasteiger partial charge in [-0.3, -0.25) is 4.39 Å². The van der Waals surface area contributed by atoms with E-state index in [1.165, 1.54) is 32.2 Å². The highest BCUT2D eigenvalue weighted by atomic mass is 19.2. The van der Waals surface area contributed by atoms with Crippen LogP contribution in [-0.4, -0.2) is 42.1 Å². The van der Waals surface area contributed by atoms with Crippen molar-refractivity contribution in [2.45, 2.75) is 37.4 Å². The van der Waals surface area contributed by atoms with Gasteiger partial charge < -0.3 is 14.9 Å². The van der Waals surface area contributed by atoms with Crippen molar-refractivity contribution in [1.29, 1.82) is 0 Å². The number of halogens is 3. The number of hydrogen-bond acceptors (Lipinski definition) is 3. The Morgan fingerprint density at radius 2 is 1.95 bits per heavy atom. The summed E-state index contributed by atoms with van der Waals surface area (Å²) in [6, 6.07) is 4.54. The van der Waals surface area contributed by atoms with Crippen molar-refractivity contribution in [3.8, 4) is 5.75 Å². The minimum atomic E-state index is -2.85. The van der Waals surface area contributed by atoms with Crippen LogP contribution < -0.4 is 4.74 Å². The van der Waals surface area contributed by atoms with E-state index in [0.717, 1.165) is 6.92 Å². The van der Waals surface area contributed by atoms with Crippen LogP contribution in [-0.2, 0) is 5.41 Å². The fourth-order valence-corrected chi connectivity index (χ4v) is 2.35. The summed E-state index contributed by atoms with van der Waals surface area (Å²) in [5.41, 5.74) is -3.86. The summed E-state index contributed by atoms with van der Waals surface area (Å²) in [4.78, 5) is 0. The van der Waals surface area contributed by atoms with Crippen LogP contribution in [0.2, 0.25) is 0 Å². The highest BCUT2D eigenvalue weighted by Crippen LogP contribution is 2.42. The first-order valence-electron chi connectivity index (χ1n) is 6.70. The Kier molecular flexibility index (Phi) is 5.65. The number of hydrogen-bond donors (Lipinski definition) is 2. The lowest BCUT2D eigenvalue weighted by molar-refractivity contribution is -0.178. The molecule has 1 aromatic carbocycles. The molecule has 0 spiro atoms. The quantitative estimate of drug-likeness (QED) is 0.813. The second-order valence-corrected chi connectivity index (χ2v) is 5.64. The molecule has 4 atom stereocenters. The van der Waals surface area contributed by atoms with Crippen molar-refractivity contribution in [3.63, 3.8) is 0 Å². The molecular weight excluding hydrogens is 297 g/mol. The molecule has 0 fully saturated rings. The number of benzene rings is 1. The molecular formula is C16H21F3O3. The summed E-state index contributed by atoms with van der Waals surface area (Å²) in [7, 11) is 1.33. The average Bonchev–Trinajstić information content (AvgIpc) is 2.52. The first-order valence-corrected chi connectivity index (χ1v) is 6.70. The molecule has 0 heterocycles. The number of ether oxygens (including phenoxy) is 1. The van der Waals surface area contributed by atoms with Crippen molar-refractivity contribution in [3.05, 3.63) is 35.9 Å². The highest BCUT2D eigenvalue weighted by molar-refractivity contribution is 5.54. The van der Waals surface area contributed by atoms with Gasteiger partial charge in [-0.05, 0) is 25.5 Å². The Balaban J connectivity index is 3.43. The maximum Gasteiger partial charge on any atom is 0.228 e. The molecule has 0 amide bonds. The smallest absolute Gasteiger partial charge is 0.228 e. The second-order valence-electron chi connectivity index (χ2n) is 5.64. The molecule has 3 nitrogen and oxygen atoms in total. The lowest BCUT2D eigenvalue weighted by Crippen LogP contribution is -2.55. The molecule has 1 aromatic rings. The van der Waals surface area contributed by atoms with Gasteiger partial charge in [-0.1, -0.05) is 24.8 Å². The van der Waals surface area contributed by atoms with E-state index in [1.54, 1.807) is 6.07 Å². The molecule has 1 rings (SSSR count). The number of alkyl halides is 3. The average molecular weight is 318 g/mol. The molecule has 22 heavy (non-hydrogen) atoms. The predicted octanol–water partition coefficient (Wildman–Crippen LogP) is 2.94. The van der Waals surface area contributed by atoms with Gasteiger partial charge in [0, 0.05) is 5.56 Å². The summed E-state index contributed by atoms with van der Waals surface area (Å²) in [6.07, 6.45) is -3.73. The zero-order valence-electron chi connectivity index (χ0n) is 12.8. The molecule has 6 heteroatoms. The number of methoxy groups -OCH3 is 1. The van der Waals surface area contributed by atoms with E-state index in [2.05, 4.69) is 6.58 Å². The zero-order chi connectivity index (χ0) is 17.1. The SMILES string of the molecule is C=Cc1ccc(C(C)(CF)C(F)C(C)(O)C(O)F)c(OC)c1. The van der Waals surface area contributed by atoms with E-state index >= 15 is 0 Å². The van der Waals surface area contributed by atoms with Gasteiger partial charge in [0.05, 0.1) is 12.5 Å². The Labute approximate surface area is 128 Å². The first-order chi connectivity index (χ1) is 10.1. The van der Waals surface area contributed by atoms with Gasteiger partial charge in [0.15, 0.2) is 0 Å². The van der Waals surface area contributed by atoms with Crippen LogP contribution in [0.5, 0.6) is 5.75 Å². The topological polar surface area (TPSA) is 49.7 Å². The van der Waals surface area contributed by atoms with Gasteiger partial charge >= 0.3 is 0 Å². The van der Waals surface area contributed by atoms with Crippen LogP contribution in [0, 0.1) is 0 Å². The molecule has 124 valence electrons. The zero-order valence-corrected chi connectivity index (χ0v) is 12.8. The Morgan fingerprint density at radius 1 is 1.36 bits per heavy atom. The van der Waals surface area contributed by atoms with E-state index in [4.69, 9.17) is 9.84 Å². The maximum absolute atomic E-state index is 14.7. The van der Waals surface area contributed by atoms with Gasteiger partial charge in [0.2, 0.25) is 6.36 Å². The number of aliphatic hydroxyl groups excluding tert-OH is 1. The van der Waals surface area contributed by atoms with Crippen LogP contribution in [0.1, 0.15) is 25.0 Å². The molecule has 0 aliphatic carbocycles. The number of rotatable bonds is 7. The molecule has 0 aliphatic heterocycles. The van der Waals surface area contributed by atoms with Gasteiger partial charge in [0.25, 0.3) is 0 Å². The van der Waals surface area contributed by atoms with E-state index in [0.29, 0.717) is 5.56 Å². The van der Waals surface area contributed by atoms with Crippen molar-refractivity contribution < 1.29 is 28.1 Å². The third-order valence-electron chi connectivity index (χ3n) is 3.91. The van der Waals surface area contributed by atoms with Crippen molar-refractivity contribution in [2.75, 3.05) is 13.8 Å². The van der Waals surface area contributed by atoms with Crippen molar-refractivity contribution in [1.82, 2.24) is 0 Å². The molecule has 0 saturated heterocycles. The van der Waals surface area contributed by atoms with E-state index in [9.17, 15) is 18.3 Å². The molecule has 2 N–H and O–H groups in total. The van der Waals surface area contributed by atoms with Gasteiger partial charge in [-0.15, -0.1) is 0 Å². The van der Waals surface area contributed by atoms with Crippen molar-refractivity contribution >= 4 is 6.08 Å². The van der Waals surface area contributed by atoms with Crippen LogP contribution in [0.15, 0.2) is 24.8 Å². The lowest BCUT2D eigenvalue weighted by atomic mass is 9.72. The molecule has 0 aliphatic rings. The Bertz CT molecular complexity index is 531. The fraction of sp³-hybridized carbons (Fsp3) is 0.500. The summed E-state index contributed by atoms with van der Waals surface area (Å²) in [6.45, 7) is 4.34. The Hall–Kier alpha value is -1.53. The molecule has 4 unspecified atom stereocenters. The molecule has 0 radical (unpaired) electrons. The lowest BCUT2D eigenvalue weighted by Gasteiger charge is -2.39. The van der Waals surface area contributed by atoms with E-state index < -0.39 is 30.2 Å². The van der Waals surface area contributed by atoms with Crippen LogP contribution in [0.25, 0.3) is 6.08 Å². The predicted molar refractivity (Wildman–Crippen MR) is 79.0 cm³/mol. The molecule has 0 saturated carbocycles. The minimum absolute atomic E-state index is 0.122. The fourth-order valence-electron chi connectivity index (χ4n) is 2.35.